The Morgan fingerprint density at radius 3 is 1.12 bits per heavy atom. The van der Waals surface area contributed by atoms with Crippen molar-refractivity contribution < 1.29 is 14.9 Å². The first-order valence-electron chi connectivity index (χ1n) is 7.84. The maximum atomic E-state index is 10.1. The quantitative estimate of drug-likeness (QED) is 0.557. The molecule has 0 spiro atoms. The second-order valence-electron chi connectivity index (χ2n) is 5.82. The molecule has 0 fully saturated rings. The maximum Gasteiger partial charge on any atom is 0.276 e. The molecule has 0 bridgehead atoms. The third-order valence-electron chi connectivity index (χ3n) is 3.89. The molecule has 0 atom stereocenters. The third-order valence-corrected chi connectivity index (χ3v) is 3.89. The summed E-state index contributed by atoms with van der Waals surface area (Å²) in [4.78, 5) is 0. The van der Waals surface area contributed by atoms with Gasteiger partial charge in [0.15, 0.2) is 0 Å². The number of benzene rings is 3. The lowest BCUT2D eigenvalue weighted by Crippen LogP contribution is -2.42. The first kappa shape index (κ1) is 16.4. The van der Waals surface area contributed by atoms with Crippen LogP contribution >= 0.6 is 0 Å². The van der Waals surface area contributed by atoms with Gasteiger partial charge in [0.2, 0.25) is 0 Å². The highest BCUT2D eigenvalue weighted by Gasteiger charge is 2.42. The fourth-order valence-electron chi connectivity index (χ4n) is 2.99. The van der Waals surface area contributed by atoms with Crippen molar-refractivity contribution in [2.45, 2.75) is 18.5 Å². The van der Waals surface area contributed by atoms with Crippen LogP contribution in [0.2, 0.25) is 0 Å². The molecule has 0 aliphatic heterocycles. The molecule has 24 heavy (non-hydrogen) atoms. The van der Waals surface area contributed by atoms with E-state index in [1.54, 1.807) is 0 Å². The van der Waals surface area contributed by atoms with Gasteiger partial charge in [0, 0.05) is 6.92 Å². The van der Waals surface area contributed by atoms with Crippen LogP contribution in [0.1, 0.15) is 23.6 Å². The van der Waals surface area contributed by atoms with E-state index < -0.39 is 11.6 Å². The molecule has 0 aromatic heterocycles. The number of aliphatic hydroxyl groups is 2. The van der Waals surface area contributed by atoms with Crippen molar-refractivity contribution in [1.82, 2.24) is 0 Å². The lowest BCUT2D eigenvalue weighted by molar-refractivity contribution is -0.355. The van der Waals surface area contributed by atoms with Crippen molar-refractivity contribution in [3.63, 3.8) is 0 Å². The van der Waals surface area contributed by atoms with Crippen LogP contribution < -0.4 is 0 Å². The van der Waals surface area contributed by atoms with Gasteiger partial charge in [0.1, 0.15) is 5.60 Å². The zero-order valence-corrected chi connectivity index (χ0v) is 13.5. The van der Waals surface area contributed by atoms with Crippen molar-refractivity contribution >= 4 is 0 Å². The summed E-state index contributed by atoms with van der Waals surface area (Å²) in [5.41, 5.74) is 1.31. The highest BCUT2D eigenvalue weighted by Crippen LogP contribution is 2.42. The Balaban J connectivity index is 2.33. The summed E-state index contributed by atoms with van der Waals surface area (Å²) in [6.45, 7) is 1.22. The van der Waals surface area contributed by atoms with E-state index in [0.29, 0.717) is 0 Å². The SMILES string of the molecule is CC(O)(O)OC(c1ccccc1)(c1ccccc1)c1ccccc1. The summed E-state index contributed by atoms with van der Waals surface area (Å²) in [5, 5.41) is 20.1. The normalized spacial score (nSPS) is 12.1. The molecule has 3 aromatic carbocycles. The number of hydrogen-bond donors (Lipinski definition) is 2. The molecule has 3 rings (SSSR count). The van der Waals surface area contributed by atoms with E-state index in [0.717, 1.165) is 16.7 Å². The van der Waals surface area contributed by atoms with Crippen LogP contribution in [0.15, 0.2) is 91.0 Å². The van der Waals surface area contributed by atoms with Crippen LogP contribution in [0, 0.1) is 0 Å². The van der Waals surface area contributed by atoms with Crippen molar-refractivity contribution in [2.24, 2.45) is 0 Å². The van der Waals surface area contributed by atoms with Gasteiger partial charge in [-0.05, 0) is 16.7 Å². The average Bonchev–Trinajstić information content (AvgIpc) is 2.61. The largest absolute Gasteiger partial charge is 0.344 e. The minimum absolute atomic E-state index is 0.816. The molecule has 0 heterocycles. The second kappa shape index (κ2) is 6.57. The molecule has 0 unspecified atom stereocenters. The lowest BCUT2D eigenvalue weighted by atomic mass is 9.80. The fraction of sp³-hybridized carbons (Fsp3) is 0.143. The van der Waals surface area contributed by atoms with Gasteiger partial charge in [-0.2, -0.15) is 0 Å². The third kappa shape index (κ3) is 3.24. The van der Waals surface area contributed by atoms with Crippen LogP contribution in [0.25, 0.3) is 0 Å². The Kier molecular flexibility index (Phi) is 4.49. The molecule has 0 radical (unpaired) electrons. The number of ether oxygens (including phenoxy) is 1. The predicted molar refractivity (Wildman–Crippen MR) is 93.1 cm³/mol. The lowest BCUT2D eigenvalue weighted by Gasteiger charge is -2.39. The van der Waals surface area contributed by atoms with Gasteiger partial charge >= 0.3 is 0 Å². The molecule has 3 aromatic rings. The van der Waals surface area contributed by atoms with Gasteiger partial charge in [0.05, 0.1) is 0 Å². The van der Waals surface area contributed by atoms with E-state index in [1.165, 1.54) is 6.92 Å². The molecule has 2 N–H and O–H groups in total. The van der Waals surface area contributed by atoms with Crippen LogP contribution in [0.3, 0.4) is 0 Å². The molecule has 122 valence electrons. The Bertz CT molecular complexity index is 666. The summed E-state index contributed by atoms with van der Waals surface area (Å²) >= 11 is 0. The second-order valence-corrected chi connectivity index (χ2v) is 5.82. The van der Waals surface area contributed by atoms with Crippen LogP contribution in [0.4, 0.5) is 0 Å². The van der Waals surface area contributed by atoms with E-state index in [4.69, 9.17) is 4.74 Å². The Morgan fingerprint density at radius 1 is 0.583 bits per heavy atom. The van der Waals surface area contributed by atoms with E-state index >= 15 is 0 Å². The molecular weight excluding hydrogens is 300 g/mol. The van der Waals surface area contributed by atoms with E-state index in [9.17, 15) is 10.2 Å². The minimum Gasteiger partial charge on any atom is -0.344 e. The highest BCUT2D eigenvalue weighted by atomic mass is 16.8. The summed E-state index contributed by atoms with van der Waals surface area (Å²) < 4.78 is 5.89. The monoisotopic (exact) mass is 320 g/mol. The van der Waals surface area contributed by atoms with Gasteiger partial charge in [-0.1, -0.05) is 91.0 Å². The topological polar surface area (TPSA) is 49.7 Å². The molecule has 0 amide bonds. The van der Waals surface area contributed by atoms with Crippen LogP contribution in [-0.2, 0) is 10.3 Å². The van der Waals surface area contributed by atoms with Crippen molar-refractivity contribution in [3.05, 3.63) is 108 Å². The molecule has 0 aliphatic carbocycles. The smallest absolute Gasteiger partial charge is 0.276 e. The summed E-state index contributed by atoms with van der Waals surface area (Å²) in [5.74, 6) is -2.30. The first-order chi connectivity index (χ1) is 11.5. The highest BCUT2D eigenvalue weighted by molar-refractivity contribution is 5.47. The Hall–Kier alpha value is -2.46. The summed E-state index contributed by atoms with van der Waals surface area (Å²) in [6.07, 6.45) is 0. The molecule has 0 saturated heterocycles. The Labute approximate surface area is 141 Å². The molecule has 3 nitrogen and oxygen atoms in total. The van der Waals surface area contributed by atoms with Crippen molar-refractivity contribution in [1.29, 1.82) is 0 Å². The average molecular weight is 320 g/mol. The predicted octanol–water partition coefficient (Wildman–Crippen LogP) is 3.65. The fourth-order valence-corrected chi connectivity index (χ4v) is 2.99. The maximum absolute atomic E-state index is 10.1. The van der Waals surface area contributed by atoms with E-state index in [1.807, 2.05) is 91.0 Å². The number of rotatable bonds is 5. The molecule has 3 heteroatoms. The van der Waals surface area contributed by atoms with Gasteiger partial charge in [-0.15, -0.1) is 0 Å². The van der Waals surface area contributed by atoms with E-state index in [2.05, 4.69) is 0 Å². The molecule has 0 aliphatic rings. The number of hydrogen-bond acceptors (Lipinski definition) is 3. The Morgan fingerprint density at radius 2 is 0.875 bits per heavy atom. The van der Waals surface area contributed by atoms with Gasteiger partial charge in [-0.25, -0.2) is 0 Å². The van der Waals surface area contributed by atoms with Crippen LogP contribution in [0.5, 0.6) is 0 Å². The zero-order valence-electron chi connectivity index (χ0n) is 13.5. The summed E-state index contributed by atoms with van der Waals surface area (Å²) in [7, 11) is 0. The van der Waals surface area contributed by atoms with Crippen LogP contribution in [-0.4, -0.2) is 16.2 Å². The van der Waals surface area contributed by atoms with Gasteiger partial charge < -0.3 is 14.9 Å². The van der Waals surface area contributed by atoms with Crippen molar-refractivity contribution in [3.8, 4) is 0 Å². The van der Waals surface area contributed by atoms with E-state index in [-0.39, 0.29) is 0 Å². The van der Waals surface area contributed by atoms with Gasteiger partial charge in [-0.3, -0.25) is 0 Å². The van der Waals surface area contributed by atoms with Crippen molar-refractivity contribution in [2.75, 3.05) is 0 Å². The standard InChI is InChI=1S/C21H20O3/c1-20(22,23)24-21(17-11-5-2-6-12-17,18-13-7-3-8-14-18)19-15-9-4-10-16-19/h2-16,22-23H,1H3. The zero-order chi connectivity index (χ0) is 17.0. The first-order valence-corrected chi connectivity index (χ1v) is 7.84. The molecular formula is C21H20O3. The minimum atomic E-state index is -2.30. The molecule has 0 saturated carbocycles. The summed E-state index contributed by atoms with van der Waals surface area (Å²) in [6, 6.07) is 28.7. The van der Waals surface area contributed by atoms with Gasteiger partial charge in [0.25, 0.3) is 5.97 Å².